The van der Waals surface area contributed by atoms with Gasteiger partial charge in [-0.2, -0.15) is 0 Å². The molecule has 0 saturated heterocycles. The lowest BCUT2D eigenvalue weighted by atomic mass is 10.1. The second kappa shape index (κ2) is 5.17. The van der Waals surface area contributed by atoms with Gasteiger partial charge in [0.2, 0.25) is 10.0 Å². The van der Waals surface area contributed by atoms with E-state index in [1.165, 1.54) is 7.05 Å². The molecule has 3 nitrogen and oxygen atoms in total. The van der Waals surface area contributed by atoms with E-state index in [0.29, 0.717) is 28.3 Å². The maximum atomic E-state index is 11.9. The van der Waals surface area contributed by atoms with E-state index in [0.717, 1.165) is 5.56 Å². The zero-order valence-corrected chi connectivity index (χ0v) is 11.2. The molecule has 0 aliphatic rings. The summed E-state index contributed by atoms with van der Waals surface area (Å²) >= 11 is 6.03. The molecule has 1 aromatic rings. The predicted molar refractivity (Wildman–Crippen MR) is 66.5 cm³/mol. The van der Waals surface area contributed by atoms with Crippen LogP contribution in [-0.4, -0.2) is 15.5 Å². The average molecular weight is 262 g/mol. The minimum Gasteiger partial charge on any atom is -0.214 e. The Morgan fingerprint density at radius 3 is 2.31 bits per heavy atom. The highest BCUT2D eigenvalue weighted by atomic mass is 35.5. The highest BCUT2D eigenvalue weighted by Crippen LogP contribution is 2.28. The normalized spacial score (nSPS) is 11.8. The summed E-state index contributed by atoms with van der Waals surface area (Å²) in [6.07, 6.45) is 1.27. The van der Waals surface area contributed by atoms with Crippen LogP contribution in [0.25, 0.3) is 0 Å². The van der Waals surface area contributed by atoms with E-state index < -0.39 is 10.0 Å². The van der Waals surface area contributed by atoms with Crippen LogP contribution >= 0.6 is 11.6 Å². The molecule has 1 rings (SSSR count). The number of sulfonamides is 1. The molecule has 0 aliphatic carbocycles. The van der Waals surface area contributed by atoms with Crippen LogP contribution in [-0.2, 0) is 22.9 Å². The molecular formula is C11H16ClNO2S. The van der Waals surface area contributed by atoms with Gasteiger partial charge in [-0.15, -0.1) is 0 Å². The van der Waals surface area contributed by atoms with Gasteiger partial charge in [0.25, 0.3) is 0 Å². The van der Waals surface area contributed by atoms with Crippen molar-refractivity contribution in [1.29, 1.82) is 0 Å². The Kier molecular flexibility index (Phi) is 4.35. The highest BCUT2D eigenvalue weighted by Gasteiger charge is 2.21. The van der Waals surface area contributed by atoms with Crippen LogP contribution in [0.15, 0.2) is 17.0 Å². The minimum atomic E-state index is -3.44. The molecule has 0 amide bonds. The third-order valence-electron chi connectivity index (χ3n) is 2.56. The van der Waals surface area contributed by atoms with Crippen molar-refractivity contribution in [2.75, 3.05) is 7.05 Å². The molecule has 90 valence electrons. The van der Waals surface area contributed by atoms with Gasteiger partial charge in [0, 0.05) is 5.02 Å². The molecule has 5 heteroatoms. The summed E-state index contributed by atoms with van der Waals surface area (Å²) in [5.74, 6) is 0. The van der Waals surface area contributed by atoms with E-state index in [1.807, 2.05) is 13.8 Å². The van der Waals surface area contributed by atoms with E-state index in [2.05, 4.69) is 4.72 Å². The SMILES string of the molecule is CCc1ccc(Cl)c(CC)c1S(=O)(=O)NC. The number of rotatable bonds is 4. The van der Waals surface area contributed by atoms with Gasteiger partial charge in [-0.3, -0.25) is 0 Å². The van der Waals surface area contributed by atoms with Crippen molar-refractivity contribution in [2.45, 2.75) is 31.6 Å². The first-order valence-corrected chi connectivity index (χ1v) is 7.07. The molecule has 1 aromatic carbocycles. The smallest absolute Gasteiger partial charge is 0.214 e. The maximum absolute atomic E-state index is 11.9. The lowest BCUT2D eigenvalue weighted by Gasteiger charge is -2.14. The predicted octanol–water partition coefficient (Wildman–Crippen LogP) is 2.37. The van der Waals surface area contributed by atoms with E-state index >= 15 is 0 Å². The van der Waals surface area contributed by atoms with Gasteiger partial charge in [0.1, 0.15) is 0 Å². The number of hydrogen-bond donors (Lipinski definition) is 1. The van der Waals surface area contributed by atoms with Gasteiger partial charge in [0.15, 0.2) is 0 Å². The fourth-order valence-electron chi connectivity index (χ4n) is 1.70. The Balaban J connectivity index is 3.62. The summed E-state index contributed by atoms with van der Waals surface area (Å²) < 4.78 is 26.2. The van der Waals surface area contributed by atoms with Gasteiger partial charge in [0.05, 0.1) is 4.90 Å². The van der Waals surface area contributed by atoms with E-state index in [1.54, 1.807) is 12.1 Å². The lowest BCUT2D eigenvalue weighted by Crippen LogP contribution is -2.22. The Morgan fingerprint density at radius 1 is 1.25 bits per heavy atom. The molecule has 0 bridgehead atoms. The summed E-state index contributed by atoms with van der Waals surface area (Å²) in [6.45, 7) is 3.83. The van der Waals surface area contributed by atoms with Gasteiger partial charge in [-0.1, -0.05) is 31.5 Å². The molecule has 0 radical (unpaired) electrons. The maximum Gasteiger partial charge on any atom is 0.240 e. The summed E-state index contributed by atoms with van der Waals surface area (Å²) in [4.78, 5) is 0.340. The number of nitrogens with one attached hydrogen (secondary N) is 1. The summed E-state index contributed by atoms with van der Waals surface area (Å²) in [5, 5.41) is 0.508. The van der Waals surface area contributed by atoms with Crippen LogP contribution in [0.2, 0.25) is 5.02 Å². The standard InChI is InChI=1S/C11H16ClNO2S/c1-4-8-6-7-10(12)9(5-2)11(8)16(14,15)13-3/h6-7,13H,4-5H2,1-3H3. The van der Waals surface area contributed by atoms with Crippen LogP contribution in [0.4, 0.5) is 0 Å². The van der Waals surface area contributed by atoms with Gasteiger partial charge in [-0.25, -0.2) is 13.1 Å². The third kappa shape index (κ3) is 2.39. The lowest BCUT2D eigenvalue weighted by molar-refractivity contribution is 0.586. The molecular weight excluding hydrogens is 246 g/mol. The monoisotopic (exact) mass is 261 g/mol. The van der Waals surface area contributed by atoms with Crippen molar-refractivity contribution < 1.29 is 8.42 Å². The largest absolute Gasteiger partial charge is 0.240 e. The van der Waals surface area contributed by atoms with Crippen LogP contribution in [0.3, 0.4) is 0 Å². The summed E-state index contributed by atoms with van der Waals surface area (Å²) in [5.41, 5.74) is 1.49. The second-order valence-electron chi connectivity index (χ2n) is 3.43. The van der Waals surface area contributed by atoms with Crippen molar-refractivity contribution in [3.63, 3.8) is 0 Å². The van der Waals surface area contributed by atoms with Crippen molar-refractivity contribution in [1.82, 2.24) is 4.72 Å². The Bertz CT molecular complexity index is 483. The molecule has 0 fully saturated rings. The Labute approximate surface area is 102 Å². The number of halogens is 1. The molecule has 0 atom stereocenters. The zero-order valence-electron chi connectivity index (χ0n) is 9.67. The fraction of sp³-hybridized carbons (Fsp3) is 0.455. The molecule has 0 aromatic heterocycles. The Hall–Kier alpha value is -0.580. The topological polar surface area (TPSA) is 46.2 Å². The van der Waals surface area contributed by atoms with E-state index in [9.17, 15) is 8.42 Å². The van der Waals surface area contributed by atoms with Crippen molar-refractivity contribution in [3.8, 4) is 0 Å². The molecule has 0 spiro atoms. The van der Waals surface area contributed by atoms with Crippen molar-refractivity contribution in [2.24, 2.45) is 0 Å². The first kappa shape index (κ1) is 13.5. The number of benzene rings is 1. The van der Waals surface area contributed by atoms with Crippen LogP contribution in [0.5, 0.6) is 0 Å². The minimum absolute atomic E-state index is 0.340. The second-order valence-corrected chi connectivity index (χ2v) is 5.66. The van der Waals surface area contributed by atoms with Crippen LogP contribution in [0.1, 0.15) is 25.0 Å². The first-order chi connectivity index (χ1) is 7.47. The highest BCUT2D eigenvalue weighted by molar-refractivity contribution is 7.89. The fourth-order valence-corrected chi connectivity index (χ4v) is 3.38. The van der Waals surface area contributed by atoms with E-state index in [-0.39, 0.29) is 0 Å². The Morgan fingerprint density at radius 2 is 1.88 bits per heavy atom. The third-order valence-corrected chi connectivity index (χ3v) is 4.49. The van der Waals surface area contributed by atoms with Crippen molar-refractivity contribution >= 4 is 21.6 Å². The van der Waals surface area contributed by atoms with Gasteiger partial charge in [-0.05, 0) is 37.1 Å². The van der Waals surface area contributed by atoms with Crippen LogP contribution in [0, 0.1) is 0 Å². The summed E-state index contributed by atoms with van der Waals surface area (Å²) in [6, 6.07) is 3.53. The molecule has 1 N–H and O–H groups in total. The molecule has 0 unspecified atom stereocenters. The zero-order chi connectivity index (χ0) is 12.3. The molecule has 0 heterocycles. The number of aryl methyl sites for hydroxylation is 1. The van der Waals surface area contributed by atoms with Crippen LogP contribution < -0.4 is 4.72 Å². The average Bonchev–Trinajstić information content (AvgIpc) is 2.28. The molecule has 0 saturated carbocycles. The van der Waals surface area contributed by atoms with Crippen molar-refractivity contribution in [3.05, 3.63) is 28.3 Å². The quantitative estimate of drug-likeness (QED) is 0.905. The first-order valence-electron chi connectivity index (χ1n) is 5.21. The molecule has 16 heavy (non-hydrogen) atoms. The summed E-state index contributed by atoms with van der Waals surface area (Å²) in [7, 11) is -2.03. The van der Waals surface area contributed by atoms with Gasteiger partial charge < -0.3 is 0 Å². The van der Waals surface area contributed by atoms with E-state index in [4.69, 9.17) is 11.6 Å². The van der Waals surface area contributed by atoms with Gasteiger partial charge >= 0.3 is 0 Å². The number of hydrogen-bond acceptors (Lipinski definition) is 2. The molecule has 0 aliphatic heterocycles.